The zero-order valence-electron chi connectivity index (χ0n) is 11.9. The van der Waals surface area contributed by atoms with Gasteiger partial charge in [0.05, 0.1) is 0 Å². The number of hydrogen-bond donors (Lipinski definition) is 1. The number of nitrogens with one attached hydrogen (secondary N) is 1. The van der Waals surface area contributed by atoms with Crippen LogP contribution in [0.25, 0.3) is 0 Å². The van der Waals surface area contributed by atoms with Crippen LogP contribution in [0.2, 0.25) is 0 Å². The molecule has 1 aromatic rings. The fourth-order valence-electron chi connectivity index (χ4n) is 2.94. The second-order valence-electron chi connectivity index (χ2n) is 5.94. The molecule has 20 heavy (non-hydrogen) atoms. The summed E-state index contributed by atoms with van der Waals surface area (Å²) in [7, 11) is 0. The van der Waals surface area contributed by atoms with E-state index in [-0.39, 0.29) is 0 Å². The Balaban J connectivity index is 1.54. The van der Waals surface area contributed by atoms with Crippen LogP contribution in [0.15, 0.2) is 24.5 Å². The Morgan fingerprint density at radius 3 is 2.75 bits per heavy atom. The molecule has 1 N–H and O–H groups in total. The SMILES string of the molecule is O=C(CCC1CCCN1)N(Cc1ccncc1)C1CC1. The highest BCUT2D eigenvalue weighted by atomic mass is 16.2. The predicted molar refractivity (Wildman–Crippen MR) is 78.1 cm³/mol. The van der Waals surface area contributed by atoms with E-state index in [1.807, 2.05) is 12.1 Å². The molecule has 1 amide bonds. The van der Waals surface area contributed by atoms with Crippen molar-refractivity contribution in [2.24, 2.45) is 0 Å². The average Bonchev–Trinajstić information content (AvgIpc) is 3.19. The van der Waals surface area contributed by atoms with Crippen molar-refractivity contribution in [3.05, 3.63) is 30.1 Å². The van der Waals surface area contributed by atoms with Crippen molar-refractivity contribution in [3.63, 3.8) is 0 Å². The lowest BCUT2D eigenvalue weighted by molar-refractivity contribution is -0.132. The van der Waals surface area contributed by atoms with Gasteiger partial charge in [-0.2, -0.15) is 0 Å². The summed E-state index contributed by atoms with van der Waals surface area (Å²) in [6.45, 7) is 1.85. The van der Waals surface area contributed by atoms with E-state index in [1.54, 1.807) is 12.4 Å². The second kappa shape index (κ2) is 6.35. The van der Waals surface area contributed by atoms with Gasteiger partial charge < -0.3 is 10.2 Å². The largest absolute Gasteiger partial charge is 0.335 e. The smallest absolute Gasteiger partial charge is 0.223 e. The van der Waals surface area contributed by atoms with E-state index in [2.05, 4.69) is 15.2 Å². The molecule has 1 atom stereocenters. The maximum Gasteiger partial charge on any atom is 0.223 e. The second-order valence-corrected chi connectivity index (χ2v) is 5.94. The van der Waals surface area contributed by atoms with Gasteiger partial charge in [0, 0.05) is 37.4 Å². The highest BCUT2D eigenvalue weighted by molar-refractivity contribution is 5.77. The summed E-state index contributed by atoms with van der Waals surface area (Å²) in [6, 6.07) is 5.04. The van der Waals surface area contributed by atoms with Gasteiger partial charge in [0.15, 0.2) is 0 Å². The van der Waals surface area contributed by atoms with Crippen LogP contribution in [0.4, 0.5) is 0 Å². The summed E-state index contributed by atoms with van der Waals surface area (Å²) in [5.74, 6) is 0.318. The minimum atomic E-state index is 0.318. The lowest BCUT2D eigenvalue weighted by atomic mass is 10.1. The van der Waals surface area contributed by atoms with E-state index in [4.69, 9.17) is 0 Å². The standard InChI is InChI=1S/C16H23N3O/c20-16(6-3-14-2-1-9-18-14)19(15-4-5-15)12-13-7-10-17-11-8-13/h7-8,10-11,14-15,18H,1-6,9,12H2. The number of carbonyl (C=O) groups excluding carboxylic acids is 1. The van der Waals surface area contributed by atoms with Crippen LogP contribution in [0, 0.1) is 0 Å². The Morgan fingerprint density at radius 2 is 2.10 bits per heavy atom. The zero-order valence-corrected chi connectivity index (χ0v) is 11.9. The summed E-state index contributed by atoms with van der Waals surface area (Å²) < 4.78 is 0. The average molecular weight is 273 g/mol. The van der Waals surface area contributed by atoms with Crippen LogP contribution in [0.5, 0.6) is 0 Å². The summed E-state index contributed by atoms with van der Waals surface area (Å²) in [5.41, 5.74) is 1.18. The molecule has 0 aromatic carbocycles. The van der Waals surface area contributed by atoms with Crippen LogP contribution in [0.1, 0.15) is 44.1 Å². The van der Waals surface area contributed by atoms with E-state index < -0.39 is 0 Å². The van der Waals surface area contributed by atoms with Crippen LogP contribution in [-0.4, -0.2) is 34.4 Å². The van der Waals surface area contributed by atoms with E-state index in [0.29, 0.717) is 24.4 Å². The van der Waals surface area contributed by atoms with E-state index in [9.17, 15) is 4.79 Å². The van der Waals surface area contributed by atoms with Crippen molar-refractivity contribution in [2.75, 3.05) is 6.54 Å². The Bertz CT molecular complexity index is 438. The zero-order chi connectivity index (χ0) is 13.8. The Hall–Kier alpha value is -1.42. The number of amides is 1. The fourth-order valence-corrected chi connectivity index (χ4v) is 2.94. The van der Waals surface area contributed by atoms with Crippen molar-refractivity contribution in [3.8, 4) is 0 Å². The molecule has 0 radical (unpaired) electrons. The topological polar surface area (TPSA) is 45.2 Å². The third kappa shape index (κ3) is 3.57. The number of aromatic nitrogens is 1. The summed E-state index contributed by atoms with van der Waals surface area (Å²) in [5, 5.41) is 3.47. The van der Waals surface area contributed by atoms with Gasteiger partial charge in [-0.3, -0.25) is 9.78 Å². The molecule has 1 aliphatic heterocycles. The maximum absolute atomic E-state index is 12.5. The normalized spacial score (nSPS) is 21.9. The van der Waals surface area contributed by atoms with Gasteiger partial charge in [0.2, 0.25) is 5.91 Å². The van der Waals surface area contributed by atoms with Crippen LogP contribution in [-0.2, 0) is 11.3 Å². The Kier molecular flexibility index (Phi) is 4.31. The number of nitrogens with zero attached hydrogens (tertiary/aromatic N) is 2. The highest BCUT2D eigenvalue weighted by Gasteiger charge is 2.32. The summed E-state index contributed by atoms with van der Waals surface area (Å²) in [6.07, 6.45) is 10.1. The van der Waals surface area contributed by atoms with Crippen LogP contribution in [0.3, 0.4) is 0 Å². The lowest BCUT2D eigenvalue weighted by Gasteiger charge is -2.23. The fraction of sp³-hybridized carbons (Fsp3) is 0.625. The van der Waals surface area contributed by atoms with Gasteiger partial charge >= 0.3 is 0 Å². The minimum Gasteiger partial charge on any atom is -0.335 e. The van der Waals surface area contributed by atoms with Gasteiger partial charge in [-0.1, -0.05) is 0 Å². The maximum atomic E-state index is 12.5. The minimum absolute atomic E-state index is 0.318. The van der Waals surface area contributed by atoms with Gasteiger partial charge in [-0.25, -0.2) is 0 Å². The Morgan fingerprint density at radius 1 is 1.30 bits per heavy atom. The molecule has 1 aliphatic carbocycles. The first-order valence-electron chi connectivity index (χ1n) is 7.74. The van der Waals surface area contributed by atoms with Crippen molar-refractivity contribution in [2.45, 2.75) is 57.2 Å². The van der Waals surface area contributed by atoms with Crippen molar-refractivity contribution in [1.29, 1.82) is 0 Å². The summed E-state index contributed by atoms with van der Waals surface area (Å²) >= 11 is 0. The first-order valence-corrected chi connectivity index (χ1v) is 7.74. The summed E-state index contributed by atoms with van der Waals surface area (Å²) in [4.78, 5) is 18.6. The van der Waals surface area contributed by atoms with Gasteiger partial charge in [-0.15, -0.1) is 0 Å². The molecule has 108 valence electrons. The Labute approximate surface area is 120 Å². The number of rotatable bonds is 6. The quantitative estimate of drug-likeness (QED) is 0.863. The van der Waals surface area contributed by atoms with E-state index >= 15 is 0 Å². The van der Waals surface area contributed by atoms with Crippen LogP contribution >= 0.6 is 0 Å². The van der Waals surface area contributed by atoms with Crippen molar-refractivity contribution >= 4 is 5.91 Å². The van der Waals surface area contributed by atoms with Gasteiger partial charge in [-0.05, 0) is 56.3 Å². The van der Waals surface area contributed by atoms with Crippen molar-refractivity contribution < 1.29 is 4.79 Å². The molecule has 0 bridgehead atoms. The highest BCUT2D eigenvalue weighted by Crippen LogP contribution is 2.29. The lowest BCUT2D eigenvalue weighted by Crippen LogP contribution is -2.33. The molecule has 2 fully saturated rings. The van der Waals surface area contributed by atoms with Crippen LogP contribution < -0.4 is 5.32 Å². The van der Waals surface area contributed by atoms with E-state index in [0.717, 1.165) is 19.5 Å². The molecule has 0 spiro atoms. The third-order valence-corrected chi connectivity index (χ3v) is 4.28. The first-order chi connectivity index (χ1) is 9.83. The molecule has 1 aromatic heterocycles. The molecular formula is C16H23N3O. The molecule has 1 unspecified atom stereocenters. The molecular weight excluding hydrogens is 250 g/mol. The van der Waals surface area contributed by atoms with Gasteiger partial charge in [0.25, 0.3) is 0 Å². The van der Waals surface area contributed by atoms with Crippen molar-refractivity contribution in [1.82, 2.24) is 15.2 Å². The molecule has 1 saturated carbocycles. The number of carbonyl (C=O) groups is 1. The monoisotopic (exact) mass is 273 g/mol. The molecule has 3 rings (SSSR count). The molecule has 4 nitrogen and oxygen atoms in total. The number of hydrogen-bond acceptors (Lipinski definition) is 3. The molecule has 2 aliphatic rings. The first kappa shape index (κ1) is 13.6. The molecule has 4 heteroatoms. The predicted octanol–water partition coefficient (Wildman–Crippen LogP) is 2.10. The molecule has 2 heterocycles. The van der Waals surface area contributed by atoms with Gasteiger partial charge in [0.1, 0.15) is 0 Å². The third-order valence-electron chi connectivity index (χ3n) is 4.28. The number of pyridine rings is 1. The van der Waals surface area contributed by atoms with E-state index in [1.165, 1.54) is 31.2 Å². The molecule has 1 saturated heterocycles.